The van der Waals surface area contributed by atoms with E-state index in [0.717, 1.165) is 11.1 Å². The van der Waals surface area contributed by atoms with Gasteiger partial charge in [-0.2, -0.15) is 0 Å². The van der Waals surface area contributed by atoms with E-state index in [1.807, 2.05) is 12.2 Å². The van der Waals surface area contributed by atoms with Crippen molar-refractivity contribution in [3.05, 3.63) is 133 Å². The number of hydrogen-bond acceptors (Lipinski definition) is 0. The Labute approximate surface area is 200 Å². The van der Waals surface area contributed by atoms with Gasteiger partial charge < -0.3 is 0 Å². The zero-order valence-corrected chi connectivity index (χ0v) is 19.0. The van der Waals surface area contributed by atoms with E-state index in [1.165, 1.54) is 54.6 Å². The number of rotatable bonds is 4. The molecule has 0 saturated heterocycles. The van der Waals surface area contributed by atoms with Gasteiger partial charge in [0.25, 0.3) is 0 Å². The first-order valence-electron chi connectivity index (χ1n) is 11.6. The molecule has 0 aliphatic rings. The van der Waals surface area contributed by atoms with E-state index in [9.17, 15) is 0 Å². The highest BCUT2D eigenvalue weighted by Crippen LogP contribution is 2.44. The third kappa shape index (κ3) is 3.08. The molecule has 0 heteroatoms. The van der Waals surface area contributed by atoms with Crippen molar-refractivity contribution < 1.29 is 0 Å². The van der Waals surface area contributed by atoms with Crippen LogP contribution in [0.4, 0.5) is 0 Å². The average molecular weight is 433 g/mol. The standard InChI is InChI=1S/C34H24/c1-3-23-18-19-24-20-21-26(22-32(24)27(23)4-2)34-30-16-10-8-14-28(30)33(25-12-6-5-7-13-25)29-15-9-11-17-31(29)34/h3-22H,1-2H2. The number of fused-ring (bicyclic) bond motifs is 3. The second kappa shape index (κ2) is 8.17. The SMILES string of the molecule is C=Cc1ccc2ccc(-c3c4ccccc4c(-c4ccccc4)c4ccccc34)cc2c1C=C. The minimum Gasteiger partial charge on any atom is -0.0984 e. The van der Waals surface area contributed by atoms with Gasteiger partial charge in [-0.3, -0.25) is 0 Å². The summed E-state index contributed by atoms with van der Waals surface area (Å²) in [5.74, 6) is 0. The van der Waals surface area contributed by atoms with Crippen LogP contribution in [0.25, 0.3) is 66.7 Å². The molecule has 0 spiro atoms. The Hall–Kier alpha value is -4.42. The molecule has 34 heavy (non-hydrogen) atoms. The monoisotopic (exact) mass is 432 g/mol. The lowest BCUT2D eigenvalue weighted by Gasteiger charge is -2.18. The minimum absolute atomic E-state index is 1.11. The van der Waals surface area contributed by atoms with Crippen molar-refractivity contribution in [3.63, 3.8) is 0 Å². The number of benzene rings is 6. The van der Waals surface area contributed by atoms with Gasteiger partial charge in [0.05, 0.1) is 0 Å². The predicted octanol–water partition coefficient (Wildman–Crippen LogP) is 9.77. The van der Waals surface area contributed by atoms with Gasteiger partial charge in [0.2, 0.25) is 0 Å². The van der Waals surface area contributed by atoms with Crippen LogP contribution in [0.5, 0.6) is 0 Å². The summed E-state index contributed by atoms with van der Waals surface area (Å²) in [6.07, 6.45) is 3.85. The lowest BCUT2D eigenvalue weighted by Crippen LogP contribution is -1.91. The molecule has 0 heterocycles. The zero-order chi connectivity index (χ0) is 23.1. The summed E-state index contributed by atoms with van der Waals surface area (Å²) >= 11 is 0. The third-order valence-corrected chi connectivity index (χ3v) is 6.80. The van der Waals surface area contributed by atoms with Crippen molar-refractivity contribution in [2.75, 3.05) is 0 Å². The lowest BCUT2D eigenvalue weighted by atomic mass is 9.85. The van der Waals surface area contributed by atoms with Crippen molar-refractivity contribution >= 4 is 44.5 Å². The lowest BCUT2D eigenvalue weighted by molar-refractivity contribution is 1.65. The van der Waals surface area contributed by atoms with Crippen LogP contribution in [0.3, 0.4) is 0 Å². The molecule has 6 aromatic carbocycles. The molecule has 0 amide bonds. The molecule has 6 aromatic rings. The first kappa shape index (κ1) is 20.2. The summed E-state index contributed by atoms with van der Waals surface area (Å²) in [7, 11) is 0. The second-order valence-corrected chi connectivity index (χ2v) is 8.62. The molecule has 6 rings (SSSR count). The van der Waals surface area contributed by atoms with Crippen LogP contribution in [0.15, 0.2) is 122 Å². The van der Waals surface area contributed by atoms with Gasteiger partial charge >= 0.3 is 0 Å². The summed E-state index contributed by atoms with van der Waals surface area (Å²) in [4.78, 5) is 0. The minimum atomic E-state index is 1.11. The molecule has 0 unspecified atom stereocenters. The molecule has 0 aliphatic carbocycles. The molecule has 0 aromatic heterocycles. The van der Waals surface area contributed by atoms with E-state index < -0.39 is 0 Å². The van der Waals surface area contributed by atoms with Gasteiger partial charge in [-0.05, 0) is 71.8 Å². The van der Waals surface area contributed by atoms with Gasteiger partial charge in [0.15, 0.2) is 0 Å². The fourth-order valence-corrected chi connectivity index (χ4v) is 5.28. The average Bonchev–Trinajstić information content (AvgIpc) is 2.91. The van der Waals surface area contributed by atoms with E-state index in [2.05, 4.69) is 122 Å². The fraction of sp³-hybridized carbons (Fsp3) is 0. The summed E-state index contributed by atoms with van der Waals surface area (Å²) in [5.41, 5.74) is 7.25. The van der Waals surface area contributed by atoms with E-state index in [4.69, 9.17) is 0 Å². The van der Waals surface area contributed by atoms with Crippen molar-refractivity contribution in [2.24, 2.45) is 0 Å². The Morgan fingerprint density at radius 3 is 1.53 bits per heavy atom. The molecule has 0 nitrogen and oxygen atoms in total. The Kier molecular flexibility index (Phi) is 4.86. The first-order valence-corrected chi connectivity index (χ1v) is 11.6. The van der Waals surface area contributed by atoms with Gasteiger partial charge in [-0.25, -0.2) is 0 Å². The Morgan fingerprint density at radius 1 is 0.441 bits per heavy atom. The van der Waals surface area contributed by atoms with Crippen molar-refractivity contribution in [1.29, 1.82) is 0 Å². The number of hydrogen-bond donors (Lipinski definition) is 0. The molecule has 0 bridgehead atoms. The highest BCUT2D eigenvalue weighted by Gasteiger charge is 2.16. The summed E-state index contributed by atoms with van der Waals surface area (Å²) < 4.78 is 0. The molecule has 0 aliphatic heterocycles. The van der Waals surface area contributed by atoms with Crippen molar-refractivity contribution in [2.45, 2.75) is 0 Å². The van der Waals surface area contributed by atoms with Crippen molar-refractivity contribution in [1.82, 2.24) is 0 Å². The van der Waals surface area contributed by atoms with Gasteiger partial charge in [-0.1, -0.05) is 128 Å². The molecular weight excluding hydrogens is 408 g/mol. The Balaban J connectivity index is 1.77. The van der Waals surface area contributed by atoms with Crippen LogP contribution >= 0.6 is 0 Å². The first-order chi connectivity index (χ1) is 16.8. The van der Waals surface area contributed by atoms with Crippen molar-refractivity contribution in [3.8, 4) is 22.3 Å². The predicted molar refractivity (Wildman–Crippen MR) is 150 cm³/mol. The van der Waals surface area contributed by atoms with E-state index >= 15 is 0 Å². The van der Waals surface area contributed by atoms with Gasteiger partial charge in [-0.15, -0.1) is 0 Å². The second-order valence-electron chi connectivity index (χ2n) is 8.62. The molecule has 0 fully saturated rings. The smallest absolute Gasteiger partial charge is 0.00261 e. The maximum Gasteiger partial charge on any atom is -0.00261 e. The van der Waals surface area contributed by atoms with Crippen LogP contribution < -0.4 is 0 Å². The van der Waals surface area contributed by atoms with E-state index in [0.29, 0.717) is 0 Å². The largest absolute Gasteiger partial charge is 0.0984 e. The maximum absolute atomic E-state index is 4.09. The van der Waals surface area contributed by atoms with Gasteiger partial charge in [0.1, 0.15) is 0 Å². The third-order valence-electron chi connectivity index (χ3n) is 6.80. The highest BCUT2D eigenvalue weighted by molar-refractivity contribution is 6.21. The van der Waals surface area contributed by atoms with Crippen LogP contribution in [0.1, 0.15) is 11.1 Å². The van der Waals surface area contributed by atoms with Crippen LogP contribution in [0, 0.1) is 0 Å². The van der Waals surface area contributed by atoms with E-state index in [1.54, 1.807) is 0 Å². The summed E-state index contributed by atoms with van der Waals surface area (Å²) in [5, 5.41) is 7.47. The van der Waals surface area contributed by atoms with E-state index in [-0.39, 0.29) is 0 Å². The molecular formula is C34H24. The van der Waals surface area contributed by atoms with Crippen LogP contribution in [-0.2, 0) is 0 Å². The fourth-order valence-electron chi connectivity index (χ4n) is 5.28. The summed E-state index contributed by atoms with van der Waals surface area (Å²) in [6.45, 7) is 8.09. The molecule has 0 radical (unpaired) electrons. The van der Waals surface area contributed by atoms with Crippen LogP contribution in [0.2, 0.25) is 0 Å². The summed E-state index contributed by atoms with van der Waals surface area (Å²) in [6, 6.07) is 39.3. The Morgan fingerprint density at radius 2 is 0.971 bits per heavy atom. The topological polar surface area (TPSA) is 0 Å². The molecule has 0 saturated carbocycles. The van der Waals surface area contributed by atoms with Gasteiger partial charge in [0, 0.05) is 0 Å². The normalized spacial score (nSPS) is 11.2. The molecule has 0 N–H and O–H groups in total. The molecule has 160 valence electrons. The highest BCUT2D eigenvalue weighted by atomic mass is 14.2. The van der Waals surface area contributed by atoms with Crippen LogP contribution in [-0.4, -0.2) is 0 Å². The maximum atomic E-state index is 4.09. The Bertz CT molecular complexity index is 1660. The molecule has 0 atom stereocenters. The quantitative estimate of drug-likeness (QED) is 0.243. The zero-order valence-electron chi connectivity index (χ0n) is 19.0.